The molecule has 0 saturated heterocycles. The topological polar surface area (TPSA) is 55.4 Å². The van der Waals surface area contributed by atoms with E-state index in [9.17, 15) is 0 Å². The Balaban J connectivity index is 4.81. The summed E-state index contributed by atoms with van der Waals surface area (Å²) in [6.45, 7) is 28.3. The normalized spacial score (nSPS) is 14.1. The molecule has 34 heavy (non-hydrogen) atoms. The second-order valence-electron chi connectivity index (χ2n) is 11.9. The van der Waals surface area contributed by atoms with Crippen molar-refractivity contribution in [1.82, 2.24) is 0 Å². The fraction of sp³-hybridized carbons (Fsp3) is 1.00. The van der Waals surface area contributed by atoms with Gasteiger partial charge in [0, 0.05) is 31.9 Å². The molecule has 0 aromatic heterocycles. The van der Waals surface area contributed by atoms with Gasteiger partial charge in [0.1, 0.15) is 0 Å². The van der Waals surface area contributed by atoms with Gasteiger partial charge in [0.15, 0.2) is 25.0 Å². The highest BCUT2D eigenvalue weighted by Crippen LogP contribution is 2.31. The smallest absolute Gasteiger partial charge is 0.417 e. The van der Waals surface area contributed by atoms with E-state index in [0.717, 1.165) is 24.9 Å². The van der Waals surface area contributed by atoms with E-state index in [1.54, 1.807) is 0 Å². The minimum Gasteiger partial charge on any atom is -0.417 e. The summed E-state index contributed by atoms with van der Waals surface area (Å²) in [7, 11) is -10.6. The van der Waals surface area contributed by atoms with Crippen molar-refractivity contribution < 1.29 is 25.6 Å². The second kappa shape index (κ2) is 15.9. The summed E-state index contributed by atoms with van der Waals surface area (Å²) in [5.41, 5.74) is 0. The maximum absolute atomic E-state index is 6.79. The predicted molar refractivity (Wildman–Crippen MR) is 157 cm³/mol. The Morgan fingerprint density at radius 1 is 0.382 bits per heavy atom. The standard InChI is InChI=1S/C23H58O6Si5/c1-13-24-33(25-14-2,26-15-3)22-20-18-16-17-19-21-23-34(27-30(4,5)6,28-31(7,8)9)29-32(10,11)12/h13-23H2,1-12H3. The molecule has 0 aromatic rings. The zero-order valence-corrected chi connectivity index (χ0v) is 29.7. The summed E-state index contributed by atoms with van der Waals surface area (Å²) in [6.07, 6.45) is 7.04. The first-order valence-corrected chi connectivity index (χ1v) is 27.6. The van der Waals surface area contributed by atoms with Crippen LogP contribution in [-0.4, -0.2) is 62.4 Å². The quantitative estimate of drug-likeness (QED) is 0.103. The zero-order valence-electron chi connectivity index (χ0n) is 24.7. The van der Waals surface area contributed by atoms with E-state index in [2.05, 4.69) is 58.9 Å². The van der Waals surface area contributed by atoms with E-state index >= 15 is 0 Å². The van der Waals surface area contributed by atoms with Gasteiger partial charge in [0.2, 0.25) is 0 Å². The molecule has 0 unspecified atom stereocenters. The second-order valence-corrected chi connectivity index (χ2v) is 31.7. The van der Waals surface area contributed by atoms with Gasteiger partial charge in [-0.05, 0) is 92.5 Å². The number of hydrogen-bond donors (Lipinski definition) is 0. The molecule has 0 amide bonds. The SMILES string of the molecule is CCO[Si](CCCCCCCC[Si](O[Si](C)(C)C)(O[Si](C)(C)C)O[Si](C)(C)C)(OCC)OCC. The monoisotopic (exact) mass is 570 g/mol. The van der Waals surface area contributed by atoms with Gasteiger partial charge >= 0.3 is 17.6 Å². The first-order valence-electron chi connectivity index (χ1n) is 13.5. The van der Waals surface area contributed by atoms with E-state index < -0.39 is 42.6 Å². The van der Waals surface area contributed by atoms with Gasteiger partial charge in [-0.15, -0.1) is 0 Å². The highest BCUT2D eigenvalue weighted by Gasteiger charge is 2.49. The van der Waals surface area contributed by atoms with Crippen LogP contribution in [0.3, 0.4) is 0 Å². The molecular weight excluding hydrogens is 513 g/mol. The minimum atomic E-state index is -2.69. The highest BCUT2D eigenvalue weighted by atomic mass is 28.5. The van der Waals surface area contributed by atoms with Gasteiger partial charge in [-0.25, -0.2) is 0 Å². The van der Waals surface area contributed by atoms with Crippen LogP contribution in [0.15, 0.2) is 0 Å². The molecule has 0 N–H and O–H groups in total. The van der Waals surface area contributed by atoms with E-state index in [0.29, 0.717) is 19.8 Å². The number of rotatable bonds is 21. The number of hydrogen-bond acceptors (Lipinski definition) is 6. The molecule has 0 heterocycles. The molecule has 0 aromatic carbocycles. The van der Waals surface area contributed by atoms with Crippen molar-refractivity contribution in [2.24, 2.45) is 0 Å². The fourth-order valence-electron chi connectivity index (χ4n) is 4.01. The third kappa shape index (κ3) is 17.3. The van der Waals surface area contributed by atoms with Crippen molar-refractivity contribution in [2.75, 3.05) is 19.8 Å². The van der Waals surface area contributed by atoms with Crippen LogP contribution in [-0.2, 0) is 25.6 Å². The first-order chi connectivity index (χ1) is 15.5. The van der Waals surface area contributed by atoms with Crippen LogP contribution in [0.4, 0.5) is 0 Å². The van der Waals surface area contributed by atoms with E-state index in [4.69, 9.17) is 25.6 Å². The van der Waals surface area contributed by atoms with Crippen LogP contribution in [0, 0.1) is 0 Å². The molecule has 11 heteroatoms. The van der Waals surface area contributed by atoms with Crippen molar-refractivity contribution in [2.45, 2.75) is 130 Å². The van der Waals surface area contributed by atoms with E-state index in [1.165, 1.54) is 25.7 Å². The summed E-state index contributed by atoms with van der Waals surface area (Å²) >= 11 is 0. The Bertz CT molecular complexity index is 474. The first kappa shape index (κ1) is 34.8. The Kier molecular flexibility index (Phi) is 16.3. The molecule has 0 aliphatic carbocycles. The van der Waals surface area contributed by atoms with Crippen molar-refractivity contribution in [3.05, 3.63) is 0 Å². The van der Waals surface area contributed by atoms with Gasteiger partial charge in [-0.3, -0.25) is 0 Å². The summed E-state index contributed by atoms with van der Waals surface area (Å²) in [5, 5.41) is 0. The van der Waals surface area contributed by atoms with Crippen LogP contribution >= 0.6 is 0 Å². The molecule has 0 bridgehead atoms. The Hall–Kier alpha value is 0.844. The Labute approximate surface area is 217 Å². The average molecular weight is 571 g/mol. The molecule has 0 aliphatic heterocycles. The maximum atomic E-state index is 6.79. The zero-order chi connectivity index (χ0) is 26.5. The van der Waals surface area contributed by atoms with Gasteiger partial charge in [0.05, 0.1) is 0 Å². The number of unbranched alkanes of at least 4 members (excludes halogenated alkanes) is 5. The molecule has 206 valence electrons. The van der Waals surface area contributed by atoms with Crippen LogP contribution < -0.4 is 0 Å². The molecule has 6 nitrogen and oxygen atoms in total. The van der Waals surface area contributed by atoms with Crippen LogP contribution in [0.1, 0.15) is 59.3 Å². The molecule has 0 atom stereocenters. The third-order valence-corrected chi connectivity index (χ3v) is 19.9. The molecule has 0 fully saturated rings. The van der Waals surface area contributed by atoms with Gasteiger partial charge in [-0.1, -0.05) is 25.7 Å². The lowest BCUT2D eigenvalue weighted by Crippen LogP contribution is -2.60. The van der Waals surface area contributed by atoms with Gasteiger partial charge < -0.3 is 25.6 Å². The lowest BCUT2D eigenvalue weighted by atomic mass is 10.1. The van der Waals surface area contributed by atoms with E-state index in [-0.39, 0.29) is 0 Å². The lowest BCUT2D eigenvalue weighted by Gasteiger charge is -2.43. The summed E-state index contributed by atoms with van der Waals surface area (Å²) in [6, 6.07) is 1.86. The molecule has 0 spiro atoms. The van der Waals surface area contributed by atoms with E-state index in [1.807, 2.05) is 20.8 Å². The van der Waals surface area contributed by atoms with Crippen molar-refractivity contribution in [3.8, 4) is 0 Å². The Morgan fingerprint density at radius 2 is 0.647 bits per heavy atom. The average Bonchev–Trinajstić information content (AvgIpc) is 2.60. The summed E-state index contributed by atoms with van der Waals surface area (Å²) in [4.78, 5) is 0. The van der Waals surface area contributed by atoms with Crippen molar-refractivity contribution in [3.63, 3.8) is 0 Å². The fourth-order valence-corrected chi connectivity index (χ4v) is 21.4. The van der Waals surface area contributed by atoms with Crippen molar-refractivity contribution >= 4 is 42.6 Å². The maximum Gasteiger partial charge on any atom is 0.500 e. The van der Waals surface area contributed by atoms with Gasteiger partial charge in [-0.2, -0.15) is 0 Å². The molecule has 0 radical (unpaired) electrons. The Morgan fingerprint density at radius 3 is 0.912 bits per heavy atom. The van der Waals surface area contributed by atoms with Crippen LogP contribution in [0.25, 0.3) is 0 Å². The van der Waals surface area contributed by atoms with Crippen molar-refractivity contribution in [1.29, 1.82) is 0 Å². The lowest BCUT2D eigenvalue weighted by molar-refractivity contribution is 0.0706. The molecule has 0 aliphatic rings. The summed E-state index contributed by atoms with van der Waals surface area (Å²) in [5.74, 6) is 0. The molecule has 0 saturated carbocycles. The molecular formula is C23H58O6Si5. The highest BCUT2D eigenvalue weighted by molar-refractivity contribution is 6.90. The predicted octanol–water partition coefficient (Wildman–Crippen LogP) is 7.87. The summed E-state index contributed by atoms with van der Waals surface area (Å²) < 4.78 is 38.3. The largest absolute Gasteiger partial charge is 0.500 e. The third-order valence-electron chi connectivity index (χ3n) is 4.69. The van der Waals surface area contributed by atoms with Crippen LogP contribution in [0.2, 0.25) is 71.0 Å². The minimum absolute atomic E-state index is 0.649. The van der Waals surface area contributed by atoms with Gasteiger partial charge in [0.25, 0.3) is 0 Å². The van der Waals surface area contributed by atoms with Crippen LogP contribution in [0.5, 0.6) is 0 Å². The molecule has 0 rings (SSSR count).